The Balaban J connectivity index is 1.09. The molecule has 3 N–H and O–H groups in total. The Bertz CT molecular complexity index is 1320. The average Bonchev–Trinajstić information content (AvgIpc) is 3.32. The Hall–Kier alpha value is -3.79. The molecule has 0 bridgehead atoms. The van der Waals surface area contributed by atoms with E-state index in [4.69, 9.17) is 25.5 Å². The van der Waals surface area contributed by atoms with Gasteiger partial charge in [0.05, 0.1) is 13.2 Å². The van der Waals surface area contributed by atoms with Crippen LogP contribution >= 0.6 is 11.6 Å². The smallest absolute Gasteiger partial charge is 0.323 e. The van der Waals surface area contributed by atoms with Gasteiger partial charge in [0.1, 0.15) is 17.9 Å². The average molecular weight is 522 g/mol. The number of nitrogens with one attached hydrogen (secondary N) is 3. The summed E-state index contributed by atoms with van der Waals surface area (Å²) in [7, 11) is 0. The molecule has 10 heteroatoms. The number of anilines is 3. The van der Waals surface area contributed by atoms with E-state index in [1.54, 1.807) is 24.3 Å². The summed E-state index contributed by atoms with van der Waals surface area (Å²) in [6.07, 6.45) is 0. The number of benzene rings is 3. The maximum absolute atomic E-state index is 12.2. The number of carbonyl (C=O) groups is 1. The van der Waals surface area contributed by atoms with Crippen molar-refractivity contribution in [1.82, 2.24) is 9.88 Å². The second-order valence-corrected chi connectivity index (χ2v) is 9.02. The fraction of sp³-hybridized carbons (Fsp3) is 0.259. The molecule has 1 aliphatic rings. The molecule has 4 aromatic rings. The number of halogens is 1. The highest BCUT2D eigenvalue weighted by Crippen LogP contribution is 2.24. The van der Waals surface area contributed by atoms with Crippen LogP contribution in [0.2, 0.25) is 5.02 Å². The van der Waals surface area contributed by atoms with Crippen molar-refractivity contribution in [1.29, 1.82) is 0 Å². The van der Waals surface area contributed by atoms with Crippen LogP contribution in [0, 0.1) is 0 Å². The minimum absolute atomic E-state index is 0.330. The van der Waals surface area contributed by atoms with E-state index < -0.39 is 0 Å². The molecule has 0 atom stereocenters. The van der Waals surface area contributed by atoms with Gasteiger partial charge < -0.3 is 29.8 Å². The van der Waals surface area contributed by atoms with Gasteiger partial charge in [0, 0.05) is 48.6 Å². The van der Waals surface area contributed by atoms with Crippen LogP contribution in [0.15, 0.2) is 71.1 Å². The number of aromatic nitrogens is 1. The lowest BCUT2D eigenvalue weighted by molar-refractivity contribution is 0.0322. The molecule has 0 spiro atoms. The van der Waals surface area contributed by atoms with E-state index >= 15 is 0 Å². The minimum Gasteiger partial charge on any atom is -0.492 e. The fourth-order valence-corrected chi connectivity index (χ4v) is 4.02. The van der Waals surface area contributed by atoms with E-state index in [1.807, 2.05) is 42.5 Å². The maximum atomic E-state index is 12.2. The molecule has 2 amide bonds. The summed E-state index contributed by atoms with van der Waals surface area (Å²) in [4.78, 5) is 19.0. The van der Waals surface area contributed by atoms with Crippen molar-refractivity contribution >= 4 is 46.1 Å². The Kier molecular flexibility index (Phi) is 8.05. The van der Waals surface area contributed by atoms with Crippen molar-refractivity contribution in [3.05, 3.63) is 77.3 Å². The van der Waals surface area contributed by atoms with Crippen molar-refractivity contribution in [2.24, 2.45) is 0 Å². The summed E-state index contributed by atoms with van der Waals surface area (Å²) in [5.74, 6) is 0.756. The standard InChI is InChI=1S/C27H28ClN5O4/c28-20-3-7-22(8-4-20)31-26(34)30-21-5-1-19(2-6-21)18-29-27-32-24-10-9-23(17-25(24)37-27)36-16-13-33-11-14-35-15-12-33/h1-10,17H,11-16,18H2,(H,29,32)(H2,30,31,34). The zero-order valence-electron chi connectivity index (χ0n) is 20.2. The third-order valence-electron chi connectivity index (χ3n) is 5.90. The maximum Gasteiger partial charge on any atom is 0.323 e. The Morgan fingerprint density at radius 1 is 0.973 bits per heavy atom. The number of morpholine rings is 1. The molecule has 1 fully saturated rings. The normalized spacial score (nSPS) is 13.9. The molecule has 3 aromatic carbocycles. The monoisotopic (exact) mass is 521 g/mol. The van der Waals surface area contributed by atoms with Crippen LogP contribution in [0.1, 0.15) is 5.56 Å². The number of urea groups is 1. The second-order valence-electron chi connectivity index (χ2n) is 8.59. The fourth-order valence-electron chi connectivity index (χ4n) is 3.90. The molecular formula is C27H28ClN5O4. The molecule has 0 saturated carbocycles. The molecule has 1 aliphatic heterocycles. The summed E-state index contributed by atoms with van der Waals surface area (Å²) >= 11 is 5.87. The number of carbonyl (C=O) groups excluding carboxylic acids is 1. The summed E-state index contributed by atoms with van der Waals surface area (Å²) in [5.41, 5.74) is 3.77. The molecular weight excluding hydrogens is 494 g/mol. The Morgan fingerprint density at radius 2 is 1.68 bits per heavy atom. The SMILES string of the molecule is O=C(Nc1ccc(Cl)cc1)Nc1ccc(CNc2nc3ccc(OCCN4CCOCC4)cc3o2)cc1. The van der Waals surface area contributed by atoms with Crippen molar-refractivity contribution in [3.63, 3.8) is 0 Å². The van der Waals surface area contributed by atoms with E-state index in [9.17, 15) is 4.79 Å². The largest absolute Gasteiger partial charge is 0.492 e. The van der Waals surface area contributed by atoms with Crippen molar-refractivity contribution in [3.8, 4) is 5.75 Å². The van der Waals surface area contributed by atoms with Gasteiger partial charge in [0.15, 0.2) is 5.58 Å². The van der Waals surface area contributed by atoms with Gasteiger partial charge in [-0.25, -0.2) is 4.79 Å². The molecule has 0 aliphatic carbocycles. The molecule has 9 nitrogen and oxygen atoms in total. The van der Waals surface area contributed by atoms with Gasteiger partial charge in [0.2, 0.25) is 0 Å². The molecule has 1 saturated heterocycles. The van der Waals surface area contributed by atoms with Crippen LogP contribution in [-0.2, 0) is 11.3 Å². The number of rotatable bonds is 9. The molecule has 5 rings (SSSR count). The van der Waals surface area contributed by atoms with Gasteiger partial charge >= 0.3 is 6.03 Å². The summed E-state index contributed by atoms with van der Waals surface area (Å²) in [5, 5.41) is 9.39. The number of hydrogen-bond acceptors (Lipinski definition) is 7. The van der Waals surface area contributed by atoms with Crippen molar-refractivity contribution < 1.29 is 18.7 Å². The number of hydrogen-bond donors (Lipinski definition) is 3. The van der Waals surface area contributed by atoms with Crippen molar-refractivity contribution in [2.75, 3.05) is 55.4 Å². The van der Waals surface area contributed by atoms with Crippen LogP contribution < -0.4 is 20.7 Å². The van der Waals surface area contributed by atoms with Crippen LogP contribution in [-0.4, -0.2) is 55.4 Å². The molecule has 37 heavy (non-hydrogen) atoms. The molecule has 1 aromatic heterocycles. The summed E-state index contributed by atoms with van der Waals surface area (Å²) in [6, 6.07) is 20.2. The first-order valence-corrected chi connectivity index (χ1v) is 12.5. The highest BCUT2D eigenvalue weighted by molar-refractivity contribution is 6.30. The van der Waals surface area contributed by atoms with Gasteiger partial charge in [-0.1, -0.05) is 23.7 Å². The van der Waals surface area contributed by atoms with E-state index in [2.05, 4.69) is 25.8 Å². The number of amides is 2. The minimum atomic E-state index is -0.330. The lowest BCUT2D eigenvalue weighted by Crippen LogP contribution is -2.38. The molecule has 0 radical (unpaired) electrons. The summed E-state index contributed by atoms with van der Waals surface area (Å²) in [6.45, 7) is 5.44. The molecule has 192 valence electrons. The third-order valence-corrected chi connectivity index (χ3v) is 6.15. The first-order valence-electron chi connectivity index (χ1n) is 12.1. The van der Waals surface area contributed by atoms with Gasteiger partial charge in [-0.15, -0.1) is 0 Å². The van der Waals surface area contributed by atoms with Gasteiger partial charge in [-0.3, -0.25) is 4.90 Å². The number of fused-ring (bicyclic) bond motifs is 1. The zero-order chi connectivity index (χ0) is 25.5. The Labute approximate surface area is 219 Å². The van der Waals surface area contributed by atoms with Crippen molar-refractivity contribution in [2.45, 2.75) is 6.54 Å². The van der Waals surface area contributed by atoms with Crippen LogP contribution in [0.3, 0.4) is 0 Å². The lowest BCUT2D eigenvalue weighted by Gasteiger charge is -2.26. The lowest BCUT2D eigenvalue weighted by atomic mass is 10.2. The topological polar surface area (TPSA) is 101 Å². The summed E-state index contributed by atoms with van der Waals surface area (Å²) < 4.78 is 17.1. The predicted molar refractivity (Wildman–Crippen MR) is 145 cm³/mol. The number of oxazole rings is 1. The predicted octanol–water partition coefficient (Wildman–Crippen LogP) is 5.45. The Morgan fingerprint density at radius 3 is 2.41 bits per heavy atom. The van der Waals surface area contributed by atoms with Crippen LogP contribution in [0.4, 0.5) is 22.2 Å². The second kappa shape index (κ2) is 12.0. The first kappa shape index (κ1) is 24.9. The van der Waals surface area contributed by atoms with Gasteiger partial charge in [0.25, 0.3) is 6.01 Å². The highest BCUT2D eigenvalue weighted by atomic mass is 35.5. The molecule has 0 unspecified atom stereocenters. The quantitative estimate of drug-likeness (QED) is 0.269. The van der Waals surface area contributed by atoms with Crippen LogP contribution in [0.25, 0.3) is 11.1 Å². The number of ether oxygens (including phenoxy) is 2. The van der Waals surface area contributed by atoms with E-state index in [-0.39, 0.29) is 6.03 Å². The molecule has 2 heterocycles. The zero-order valence-corrected chi connectivity index (χ0v) is 21.0. The highest BCUT2D eigenvalue weighted by Gasteiger charge is 2.11. The third kappa shape index (κ3) is 7.13. The van der Waals surface area contributed by atoms with E-state index in [0.717, 1.165) is 49.7 Å². The van der Waals surface area contributed by atoms with E-state index in [0.29, 0.717) is 41.1 Å². The van der Waals surface area contributed by atoms with Gasteiger partial charge in [-0.05, 0) is 54.1 Å². The number of nitrogens with zero attached hydrogens (tertiary/aromatic N) is 2. The van der Waals surface area contributed by atoms with Crippen LogP contribution in [0.5, 0.6) is 5.75 Å². The van der Waals surface area contributed by atoms with E-state index in [1.165, 1.54) is 0 Å². The first-order chi connectivity index (χ1) is 18.1. The van der Waals surface area contributed by atoms with Gasteiger partial charge in [-0.2, -0.15) is 4.98 Å².